The number of hydrogen-bond acceptors (Lipinski definition) is 6. The number of thioether (sulfide) groups is 1. The van der Waals surface area contributed by atoms with E-state index in [1.54, 1.807) is 31.4 Å². The molecule has 1 amide bonds. The summed E-state index contributed by atoms with van der Waals surface area (Å²) in [6.07, 6.45) is 0.0942. The lowest BCUT2D eigenvalue weighted by molar-refractivity contribution is -0.116. The first kappa shape index (κ1) is 22.8. The molecule has 0 saturated carbocycles. The molecule has 1 aromatic heterocycles. The van der Waals surface area contributed by atoms with Gasteiger partial charge in [-0.2, -0.15) is 0 Å². The van der Waals surface area contributed by atoms with Crippen molar-refractivity contribution in [2.75, 3.05) is 12.4 Å². The van der Waals surface area contributed by atoms with Gasteiger partial charge in [-0.1, -0.05) is 30.0 Å². The van der Waals surface area contributed by atoms with Gasteiger partial charge < -0.3 is 19.8 Å². The number of H-pyrrole nitrogens is 1. The monoisotopic (exact) mass is 469 g/mol. The molecule has 3 aromatic rings. The van der Waals surface area contributed by atoms with Crippen molar-refractivity contribution in [1.29, 1.82) is 0 Å². The van der Waals surface area contributed by atoms with Crippen LogP contribution in [0.5, 0.6) is 11.5 Å². The second-order valence-electron chi connectivity index (χ2n) is 7.93. The molecule has 1 aliphatic heterocycles. The highest BCUT2D eigenvalue weighted by Gasteiger charge is 2.31. The maximum absolute atomic E-state index is 13.1. The van der Waals surface area contributed by atoms with Gasteiger partial charge in [0.15, 0.2) is 16.7 Å². The highest BCUT2D eigenvalue weighted by Crippen LogP contribution is 2.38. The number of amides is 1. The maximum Gasteiger partial charge on any atom is 0.257 e. The molecule has 7 nitrogen and oxygen atoms in total. The summed E-state index contributed by atoms with van der Waals surface area (Å²) in [4.78, 5) is 32.8. The van der Waals surface area contributed by atoms with Gasteiger partial charge in [0, 0.05) is 18.1 Å². The molecule has 0 saturated heterocycles. The SMILES string of the molecule is COc1cc([C@@H]2CC(=O)Nc3nc(SCc4ccc(F)cc4)[nH]c(=O)c32)ccc1OC(C)C. The van der Waals surface area contributed by atoms with Crippen LogP contribution in [0.1, 0.15) is 42.9 Å². The second kappa shape index (κ2) is 9.66. The molecule has 2 heterocycles. The molecule has 1 aliphatic rings. The highest BCUT2D eigenvalue weighted by atomic mass is 32.2. The average Bonchev–Trinajstić information content (AvgIpc) is 2.77. The van der Waals surface area contributed by atoms with E-state index in [0.29, 0.717) is 28.0 Å². The Kier molecular flexibility index (Phi) is 6.69. The lowest BCUT2D eigenvalue weighted by atomic mass is 9.86. The lowest BCUT2D eigenvalue weighted by Crippen LogP contribution is -2.31. The first-order chi connectivity index (χ1) is 15.8. The number of aromatic amines is 1. The van der Waals surface area contributed by atoms with Crippen LogP contribution in [0.4, 0.5) is 10.2 Å². The van der Waals surface area contributed by atoms with Gasteiger partial charge in [0.1, 0.15) is 11.6 Å². The maximum atomic E-state index is 13.1. The normalized spacial score (nSPS) is 15.2. The number of hydrogen-bond donors (Lipinski definition) is 2. The van der Waals surface area contributed by atoms with E-state index >= 15 is 0 Å². The predicted octanol–water partition coefficient (Wildman–Crippen LogP) is 4.47. The van der Waals surface area contributed by atoms with Crippen LogP contribution in [0.2, 0.25) is 0 Å². The minimum absolute atomic E-state index is 0.0243. The Morgan fingerprint density at radius 1 is 1.15 bits per heavy atom. The van der Waals surface area contributed by atoms with Crippen molar-refractivity contribution < 1.29 is 18.7 Å². The summed E-state index contributed by atoms with van der Waals surface area (Å²) in [6, 6.07) is 11.5. The number of ether oxygens (including phenoxy) is 2. The van der Waals surface area contributed by atoms with Crippen molar-refractivity contribution in [3.63, 3.8) is 0 Å². The molecule has 0 spiro atoms. The van der Waals surface area contributed by atoms with Crippen molar-refractivity contribution in [3.8, 4) is 11.5 Å². The quantitative estimate of drug-likeness (QED) is 0.392. The number of methoxy groups -OCH3 is 1. The number of anilines is 1. The van der Waals surface area contributed by atoms with Gasteiger partial charge in [-0.15, -0.1) is 0 Å². The molecule has 0 fully saturated rings. The molecule has 172 valence electrons. The van der Waals surface area contributed by atoms with E-state index in [1.165, 1.54) is 23.9 Å². The third-order valence-corrected chi connectivity index (χ3v) is 6.12. The van der Waals surface area contributed by atoms with Crippen LogP contribution in [0, 0.1) is 5.82 Å². The summed E-state index contributed by atoms with van der Waals surface area (Å²) in [5.41, 5.74) is 1.74. The number of aromatic nitrogens is 2. The first-order valence-electron chi connectivity index (χ1n) is 10.5. The van der Waals surface area contributed by atoms with E-state index < -0.39 is 5.92 Å². The van der Waals surface area contributed by atoms with Gasteiger partial charge in [0.05, 0.1) is 18.8 Å². The summed E-state index contributed by atoms with van der Waals surface area (Å²) >= 11 is 1.30. The number of nitrogens with zero attached hydrogens (tertiary/aromatic N) is 1. The Bertz CT molecular complexity index is 1230. The van der Waals surface area contributed by atoms with Crippen molar-refractivity contribution >= 4 is 23.5 Å². The number of rotatable bonds is 7. The van der Waals surface area contributed by atoms with Gasteiger partial charge in [-0.25, -0.2) is 9.37 Å². The zero-order valence-electron chi connectivity index (χ0n) is 18.5. The summed E-state index contributed by atoms with van der Waals surface area (Å²) in [5.74, 6) is 0.875. The lowest BCUT2D eigenvalue weighted by Gasteiger charge is -2.25. The van der Waals surface area contributed by atoms with Crippen molar-refractivity contribution in [2.45, 2.75) is 43.2 Å². The topological polar surface area (TPSA) is 93.3 Å². The van der Waals surface area contributed by atoms with Crippen LogP contribution in [-0.4, -0.2) is 29.1 Å². The van der Waals surface area contributed by atoms with Crippen LogP contribution in [-0.2, 0) is 10.5 Å². The second-order valence-corrected chi connectivity index (χ2v) is 8.89. The molecule has 1 atom stereocenters. The molecule has 9 heteroatoms. The fourth-order valence-electron chi connectivity index (χ4n) is 3.69. The number of fused-ring (bicyclic) bond motifs is 1. The highest BCUT2D eigenvalue weighted by molar-refractivity contribution is 7.98. The zero-order valence-corrected chi connectivity index (χ0v) is 19.3. The summed E-state index contributed by atoms with van der Waals surface area (Å²) in [6.45, 7) is 3.85. The third kappa shape index (κ3) is 5.19. The number of nitrogens with one attached hydrogen (secondary N) is 2. The molecule has 0 aliphatic carbocycles. The molecule has 0 radical (unpaired) electrons. The van der Waals surface area contributed by atoms with E-state index in [0.717, 1.165) is 11.1 Å². The Labute approximate surface area is 194 Å². The van der Waals surface area contributed by atoms with Gasteiger partial charge in [-0.05, 0) is 49.2 Å². The van der Waals surface area contributed by atoms with Gasteiger partial charge in [0.2, 0.25) is 5.91 Å². The molecule has 0 unspecified atom stereocenters. The minimum atomic E-state index is -0.469. The Morgan fingerprint density at radius 2 is 1.91 bits per heavy atom. The number of carbonyl (C=O) groups excluding carboxylic acids is 1. The number of benzene rings is 2. The summed E-state index contributed by atoms with van der Waals surface area (Å²) in [5, 5.41) is 3.10. The number of carbonyl (C=O) groups is 1. The largest absolute Gasteiger partial charge is 0.493 e. The molecule has 4 rings (SSSR count). The van der Waals surface area contributed by atoms with Crippen molar-refractivity contribution in [3.05, 3.63) is 75.3 Å². The molecular weight excluding hydrogens is 445 g/mol. The third-order valence-electron chi connectivity index (χ3n) is 5.17. The van der Waals surface area contributed by atoms with E-state index in [-0.39, 0.29) is 35.6 Å². The van der Waals surface area contributed by atoms with Crippen LogP contribution >= 0.6 is 11.8 Å². The van der Waals surface area contributed by atoms with E-state index in [4.69, 9.17) is 9.47 Å². The zero-order chi connectivity index (χ0) is 23.5. The van der Waals surface area contributed by atoms with Gasteiger partial charge in [0.25, 0.3) is 5.56 Å². The van der Waals surface area contributed by atoms with Crippen LogP contribution < -0.4 is 20.3 Å². The molecule has 0 bridgehead atoms. The number of halogens is 1. The Balaban J connectivity index is 1.64. The summed E-state index contributed by atoms with van der Waals surface area (Å²) < 4.78 is 24.3. The van der Waals surface area contributed by atoms with Crippen LogP contribution in [0.3, 0.4) is 0 Å². The van der Waals surface area contributed by atoms with Gasteiger partial charge >= 0.3 is 0 Å². The standard InChI is InChI=1S/C24H24FN3O4S/c1-13(2)32-18-9-6-15(10-19(18)31-3)17-11-20(29)26-22-21(17)23(30)28-24(27-22)33-12-14-4-7-16(25)8-5-14/h4-10,13,17H,11-12H2,1-3H3,(H2,26,27,28,29,30)/t17-/m0/s1. The fraction of sp³-hybridized carbons (Fsp3) is 0.292. The molecule has 2 aromatic carbocycles. The van der Waals surface area contributed by atoms with Crippen LogP contribution in [0.15, 0.2) is 52.4 Å². The van der Waals surface area contributed by atoms with Crippen molar-refractivity contribution in [2.24, 2.45) is 0 Å². The Hall–Kier alpha value is -3.33. The van der Waals surface area contributed by atoms with E-state index in [9.17, 15) is 14.0 Å². The Morgan fingerprint density at radius 3 is 2.61 bits per heavy atom. The minimum Gasteiger partial charge on any atom is -0.493 e. The smallest absolute Gasteiger partial charge is 0.257 e. The van der Waals surface area contributed by atoms with Crippen LogP contribution in [0.25, 0.3) is 0 Å². The molecule has 2 N–H and O–H groups in total. The van der Waals surface area contributed by atoms with Gasteiger partial charge in [-0.3, -0.25) is 9.59 Å². The average molecular weight is 470 g/mol. The predicted molar refractivity (Wildman–Crippen MR) is 125 cm³/mol. The first-order valence-corrected chi connectivity index (χ1v) is 11.5. The fourth-order valence-corrected chi connectivity index (χ4v) is 4.50. The van der Waals surface area contributed by atoms with Crippen molar-refractivity contribution in [1.82, 2.24) is 9.97 Å². The van der Waals surface area contributed by atoms with E-state index in [2.05, 4.69) is 15.3 Å². The van der Waals surface area contributed by atoms with E-state index in [1.807, 2.05) is 19.9 Å². The molecule has 33 heavy (non-hydrogen) atoms. The summed E-state index contributed by atoms with van der Waals surface area (Å²) in [7, 11) is 1.55. The molecular formula is C24H24FN3O4S.